The molecule has 0 fully saturated rings. The monoisotopic (exact) mass is 578 g/mol. The molecule has 2 aliphatic heterocycles. The lowest BCUT2D eigenvalue weighted by Crippen LogP contribution is -2.23. The lowest BCUT2D eigenvalue weighted by molar-refractivity contribution is -0.107. The van der Waals surface area contributed by atoms with Gasteiger partial charge in [-0.15, -0.1) is 0 Å². The zero-order valence-electron chi connectivity index (χ0n) is 26.4. The number of hydrogen-bond donors (Lipinski definition) is 1. The lowest BCUT2D eigenvalue weighted by Gasteiger charge is -2.35. The van der Waals surface area contributed by atoms with Crippen molar-refractivity contribution in [3.8, 4) is 28.1 Å². The molecule has 2 aromatic carbocycles. The Bertz CT molecular complexity index is 1390. The van der Waals surface area contributed by atoms with E-state index in [1.807, 2.05) is 27.0 Å². The van der Waals surface area contributed by atoms with E-state index in [0.717, 1.165) is 56.4 Å². The Morgan fingerprint density at radius 3 is 2.39 bits per heavy atom. The lowest BCUT2D eigenvalue weighted by atomic mass is 9.80. The molecule has 0 radical (unpaired) electrons. The Kier molecular flexibility index (Phi) is 11.0. The first-order chi connectivity index (χ1) is 19.5. The zero-order chi connectivity index (χ0) is 30.5. The van der Waals surface area contributed by atoms with E-state index in [4.69, 9.17) is 19.6 Å². The van der Waals surface area contributed by atoms with Crippen molar-refractivity contribution in [2.24, 2.45) is 0 Å². The number of fused-ring (bicyclic) bond motifs is 4. The molecule has 3 heterocycles. The summed E-state index contributed by atoms with van der Waals surface area (Å²) in [6.45, 7) is 16.3. The maximum Gasteiger partial charge on any atom is 0.124 e. The Hall–Kier alpha value is -2.87. The van der Waals surface area contributed by atoms with Crippen molar-refractivity contribution in [3.05, 3.63) is 63.3 Å². The molecule has 2 aliphatic rings. The highest BCUT2D eigenvalue weighted by Gasteiger charge is 2.31. The third kappa shape index (κ3) is 6.79. The summed E-state index contributed by atoms with van der Waals surface area (Å²) >= 11 is 1.73. The molecule has 0 atom stereocenters. The Morgan fingerprint density at radius 2 is 1.78 bits per heavy atom. The SMILES string of the molecule is CO.COC(C)(C)C.CSN1Cc2cc(C)cnc2-c2c(C)c(-c3ccc4c(c3C)CCCO4)c(CC=O)c(C)c21. The Morgan fingerprint density at radius 1 is 1.10 bits per heavy atom. The third-order valence-electron chi connectivity index (χ3n) is 7.77. The number of ether oxygens (including phenoxy) is 2. The minimum absolute atomic E-state index is 0.0417. The van der Waals surface area contributed by atoms with Crippen molar-refractivity contribution in [2.75, 3.05) is 31.4 Å². The van der Waals surface area contributed by atoms with Crippen LogP contribution in [0.1, 0.15) is 66.1 Å². The summed E-state index contributed by atoms with van der Waals surface area (Å²) in [6.07, 6.45) is 7.60. The molecule has 1 aromatic heterocycles. The minimum Gasteiger partial charge on any atom is -0.493 e. The maximum absolute atomic E-state index is 11.8. The molecule has 0 saturated heterocycles. The standard InChI is InChI=1S/C28H30N2O2S.C5H12O.CH4O/c1-16-13-20-15-30(33-5)28-18(3)23(10-11-31)25(19(4)26(28)27(20)29-14-16)22-8-9-24-21(17(22)2)7-6-12-32-24;1-5(2,3)6-4;1-2/h8-9,11,13-14H,6-7,10,12,15H2,1-5H3;1-4H3;2H,1H3. The number of anilines is 1. The Labute approximate surface area is 250 Å². The number of methoxy groups -OCH3 is 1. The van der Waals surface area contributed by atoms with E-state index in [1.54, 1.807) is 19.1 Å². The van der Waals surface area contributed by atoms with Crippen LogP contribution >= 0.6 is 11.9 Å². The van der Waals surface area contributed by atoms with Crippen LogP contribution in [0.2, 0.25) is 0 Å². The molecule has 0 bridgehead atoms. The van der Waals surface area contributed by atoms with E-state index in [2.05, 4.69) is 56.5 Å². The van der Waals surface area contributed by atoms with Gasteiger partial charge in [-0.25, -0.2) is 0 Å². The molecule has 222 valence electrons. The van der Waals surface area contributed by atoms with Crippen LogP contribution < -0.4 is 9.04 Å². The summed E-state index contributed by atoms with van der Waals surface area (Å²) in [6, 6.07) is 6.55. The number of carbonyl (C=O) groups excluding carboxylic acids is 1. The fraction of sp³-hybridized carbons (Fsp3) is 0.471. The molecule has 0 spiro atoms. The van der Waals surface area contributed by atoms with Crippen LogP contribution in [0.3, 0.4) is 0 Å². The molecule has 5 rings (SSSR count). The second-order valence-corrected chi connectivity index (χ2v) is 12.2. The van der Waals surface area contributed by atoms with Gasteiger partial charge in [-0.05, 0) is 117 Å². The van der Waals surface area contributed by atoms with Crippen molar-refractivity contribution in [1.82, 2.24) is 4.98 Å². The summed E-state index contributed by atoms with van der Waals surface area (Å²) in [5.74, 6) is 1.00. The van der Waals surface area contributed by atoms with Gasteiger partial charge in [0.2, 0.25) is 0 Å². The summed E-state index contributed by atoms with van der Waals surface area (Å²) in [4.78, 5) is 16.8. The second-order valence-electron chi connectivity index (χ2n) is 11.4. The van der Waals surface area contributed by atoms with E-state index < -0.39 is 0 Å². The van der Waals surface area contributed by atoms with Gasteiger partial charge in [-0.1, -0.05) is 24.1 Å². The van der Waals surface area contributed by atoms with Crippen molar-refractivity contribution >= 4 is 23.9 Å². The van der Waals surface area contributed by atoms with Crippen LogP contribution in [0.15, 0.2) is 24.4 Å². The highest BCUT2D eigenvalue weighted by atomic mass is 32.2. The number of aldehydes is 1. The summed E-state index contributed by atoms with van der Waals surface area (Å²) in [7, 11) is 2.71. The van der Waals surface area contributed by atoms with Gasteiger partial charge in [-0.3, -0.25) is 4.98 Å². The van der Waals surface area contributed by atoms with Gasteiger partial charge in [0.25, 0.3) is 0 Å². The quantitative estimate of drug-likeness (QED) is 0.256. The normalized spacial score (nSPS) is 13.4. The van der Waals surface area contributed by atoms with Crippen LogP contribution in [-0.4, -0.2) is 49.1 Å². The van der Waals surface area contributed by atoms with E-state index >= 15 is 0 Å². The van der Waals surface area contributed by atoms with Crippen LogP contribution in [0.25, 0.3) is 22.4 Å². The number of aliphatic hydroxyl groups excluding tert-OH is 1. The number of benzene rings is 2. The summed E-state index contributed by atoms with van der Waals surface area (Å²) in [5, 5.41) is 7.00. The van der Waals surface area contributed by atoms with Gasteiger partial charge in [0.1, 0.15) is 12.0 Å². The van der Waals surface area contributed by atoms with E-state index in [1.165, 1.54) is 55.8 Å². The van der Waals surface area contributed by atoms with Gasteiger partial charge in [0.05, 0.1) is 30.1 Å². The number of hydrogen-bond acceptors (Lipinski definition) is 7. The maximum atomic E-state index is 11.8. The highest BCUT2D eigenvalue weighted by Crippen LogP contribution is 2.50. The van der Waals surface area contributed by atoms with Gasteiger partial charge < -0.3 is 23.7 Å². The molecule has 1 N–H and O–H groups in total. The first-order valence-corrected chi connectivity index (χ1v) is 15.3. The van der Waals surface area contributed by atoms with Gasteiger partial charge in [-0.2, -0.15) is 0 Å². The topological polar surface area (TPSA) is 71.9 Å². The van der Waals surface area contributed by atoms with Crippen molar-refractivity contribution in [2.45, 2.75) is 79.9 Å². The van der Waals surface area contributed by atoms with Crippen LogP contribution in [-0.2, 0) is 28.9 Å². The number of nitrogens with zero attached hydrogens (tertiary/aromatic N) is 2. The molecular weight excluding hydrogens is 532 g/mol. The number of aromatic nitrogens is 1. The molecule has 0 unspecified atom stereocenters. The van der Waals surface area contributed by atoms with Crippen molar-refractivity contribution in [3.63, 3.8) is 0 Å². The largest absolute Gasteiger partial charge is 0.493 e. The molecule has 0 aliphatic carbocycles. The first kappa shape index (κ1) is 32.6. The average Bonchev–Trinajstić information content (AvgIpc) is 2.96. The zero-order valence-corrected chi connectivity index (χ0v) is 27.2. The molecule has 41 heavy (non-hydrogen) atoms. The number of pyridine rings is 1. The number of aryl methyl sites for hydroxylation is 1. The number of carbonyl (C=O) groups is 1. The molecular formula is C34H46N2O4S. The van der Waals surface area contributed by atoms with Crippen LogP contribution in [0.4, 0.5) is 5.69 Å². The average molecular weight is 579 g/mol. The molecule has 0 amide bonds. The highest BCUT2D eigenvalue weighted by molar-refractivity contribution is 7.99. The fourth-order valence-electron chi connectivity index (χ4n) is 5.60. The van der Waals surface area contributed by atoms with Crippen molar-refractivity contribution < 1.29 is 19.4 Å². The van der Waals surface area contributed by atoms with Gasteiger partial charge >= 0.3 is 0 Å². The minimum atomic E-state index is 0.0417. The van der Waals surface area contributed by atoms with Crippen LogP contribution in [0, 0.1) is 27.7 Å². The van der Waals surface area contributed by atoms with Crippen LogP contribution in [0.5, 0.6) is 5.75 Å². The van der Waals surface area contributed by atoms with Gasteiger partial charge in [0, 0.05) is 38.7 Å². The fourth-order valence-corrected chi connectivity index (χ4v) is 6.28. The third-order valence-corrected chi connectivity index (χ3v) is 8.53. The predicted molar refractivity (Wildman–Crippen MR) is 172 cm³/mol. The van der Waals surface area contributed by atoms with E-state index in [9.17, 15) is 4.79 Å². The van der Waals surface area contributed by atoms with E-state index in [-0.39, 0.29) is 5.60 Å². The molecule has 3 aromatic rings. The smallest absolute Gasteiger partial charge is 0.124 e. The molecule has 6 nitrogen and oxygen atoms in total. The van der Waals surface area contributed by atoms with Gasteiger partial charge in [0.15, 0.2) is 0 Å². The summed E-state index contributed by atoms with van der Waals surface area (Å²) < 4.78 is 13.2. The predicted octanol–water partition coefficient (Wildman–Crippen LogP) is 7.35. The number of aliphatic hydroxyl groups is 1. The molecule has 7 heteroatoms. The number of rotatable bonds is 4. The Balaban J connectivity index is 0.000000515. The van der Waals surface area contributed by atoms with Crippen molar-refractivity contribution in [1.29, 1.82) is 0 Å². The first-order valence-electron chi connectivity index (χ1n) is 14.1. The summed E-state index contributed by atoms with van der Waals surface area (Å²) in [5.41, 5.74) is 14.4. The molecule has 0 saturated carbocycles. The van der Waals surface area contributed by atoms with E-state index in [0.29, 0.717) is 6.42 Å². The second kappa shape index (κ2) is 13.9.